The average Bonchev–Trinajstić information content (AvgIpc) is 1.34. The Morgan fingerprint density at radius 3 is 1.07 bits per heavy atom. The highest BCUT2D eigenvalue weighted by atomic mass is 16.4. The molecular weight excluding hydrogens is 1210 g/mol. The number of aromatic hydroxyl groups is 1. The Morgan fingerprint density at radius 2 is 0.717 bits per heavy atom. The van der Waals surface area contributed by atoms with Crippen LogP contribution in [0.4, 0.5) is 0 Å². The minimum absolute atomic E-state index is 0.00202. The van der Waals surface area contributed by atoms with Gasteiger partial charge in [-0.15, -0.1) is 0 Å². The number of aliphatic carboxylic acids is 3. The minimum atomic E-state index is -1.85. The smallest absolute Gasteiger partial charge is 0.326 e. The summed E-state index contributed by atoms with van der Waals surface area (Å²) in [6.07, 6.45) is -4.44. The van der Waals surface area contributed by atoms with Gasteiger partial charge in [0.25, 0.3) is 0 Å². The maximum atomic E-state index is 14.6. The molecule has 9 atom stereocenters. The van der Waals surface area contributed by atoms with Crippen molar-refractivity contribution in [3.8, 4) is 5.75 Å². The predicted molar refractivity (Wildman–Crippen MR) is 334 cm³/mol. The first-order valence-corrected chi connectivity index (χ1v) is 29.5. The number of amides is 9. The lowest BCUT2D eigenvalue weighted by molar-refractivity contribution is -0.143. The van der Waals surface area contributed by atoms with Crippen molar-refractivity contribution in [3.63, 3.8) is 0 Å². The number of nitrogens with zero attached hydrogens (tertiary/aromatic N) is 3. The number of guanidine groups is 3. The highest BCUT2D eigenvalue weighted by molar-refractivity contribution is 5.98. The maximum absolute atomic E-state index is 14.6. The molecule has 0 unspecified atom stereocenters. The zero-order chi connectivity index (χ0) is 69.0. The molecule has 508 valence electrons. The number of nitrogens with one attached hydrogen (secondary N) is 8. The van der Waals surface area contributed by atoms with Crippen LogP contribution in [0.25, 0.3) is 0 Å². The van der Waals surface area contributed by atoms with E-state index in [1.807, 2.05) is 0 Å². The van der Waals surface area contributed by atoms with E-state index in [4.69, 9.17) is 45.9 Å². The van der Waals surface area contributed by atoms with Crippen molar-refractivity contribution in [2.75, 3.05) is 19.6 Å². The molecule has 0 saturated heterocycles. The second-order valence-electron chi connectivity index (χ2n) is 21.8. The lowest BCUT2D eigenvalue weighted by atomic mass is 10.0. The first kappa shape index (κ1) is 77.7. The van der Waals surface area contributed by atoms with E-state index in [9.17, 15) is 78.0 Å². The van der Waals surface area contributed by atoms with Crippen molar-refractivity contribution in [3.05, 3.63) is 65.7 Å². The SMILES string of the molecule is CC(C)C[C@H](NC(=O)[C@H](CCCN=C(N)N)NC(=O)[C@H](CCCN=C(N)N)NC(=O)[C@H](CCC(N)=O)NC(=O)[C@H](CCC(=O)O)NC(=O)[C@H](CCCN=C(N)N)NC(=O)[C@H](Cc1ccc(O)cc1)NC(=O)[C@H](Cc1ccccc1)NC(=O)[C@@H](N)CCC(=O)O)C(=O)O. The second-order valence-corrected chi connectivity index (χ2v) is 21.8. The topological polar surface area (TPSA) is 627 Å². The standard InChI is InChI=1S/C57H89N19O16/c1-30(2)27-42(54(91)92)76-49(86)37(13-8-26-68-57(64)65)69-47(84)35(11-6-24-66-55(60)61)70-50(87)38(19-21-43(59)78)72-51(88)39(20-23-45(81)82)73-48(85)36(12-7-25-67-56(62)63)71-52(89)41(29-32-14-16-33(77)17-15-32)75-53(90)40(28-31-9-4-3-5-10-31)74-46(83)34(58)18-22-44(79)80/h3-5,9-10,14-17,30,34-42,77H,6-8,11-13,18-29,58H2,1-2H3,(H2,59,78)(H,69,84)(H,70,87)(H,71,89)(H,72,88)(H,73,85)(H,74,83)(H,75,90)(H,76,86)(H,79,80)(H,81,82)(H,91,92)(H4,60,61,66)(H4,62,63,67)(H4,64,65,68)/t34-,35-,36-,37-,38-,39-,40-,41-,42-/m0/s1. The van der Waals surface area contributed by atoms with Crippen molar-refractivity contribution >= 4 is 89.0 Å². The molecule has 35 heteroatoms. The summed E-state index contributed by atoms with van der Waals surface area (Å²) in [4.78, 5) is 173. The van der Waals surface area contributed by atoms with E-state index in [1.165, 1.54) is 24.3 Å². The highest BCUT2D eigenvalue weighted by Gasteiger charge is 2.36. The van der Waals surface area contributed by atoms with Gasteiger partial charge in [-0.25, -0.2) is 4.79 Å². The molecule has 2 aromatic carbocycles. The first-order valence-electron chi connectivity index (χ1n) is 29.5. The molecule has 0 bridgehead atoms. The number of carbonyl (C=O) groups excluding carboxylic acids is 9. The Labute approximate surface area is 530 Å². The van der Waals surface area contributed by atoms with Gasteiger partial charge in [0, 0.05) is 51.7 Å². The normalized spacial score (nSPS) is 13.8. The predicted octanol–water partition coefficient (Wildman–Crippen LogP) is -5.33. The molecule has 0 aliphatic heterocycles. The molecule has 0 spiro atoms. The van der Waals surface area contributed by atoms with E-state index in [-0.39, 0.29) is 113 Å². The molecule has 0 radical (unpaired) electrons. The van der Waals surface area contributed by atoms with Gasteiger partial charge in [0.15, 0.2) is 17.9 Å². The van der Waals surface area contributed by atoms with E-state index in [2.05, 4.69) is 57.5 Å². The third-order valence-electron chi connectivity index (χ3n) is 13.6. The number of hydrogen-bond donors (Lipinski definition) is 20. The minimum Gasteiger partial charge on any atom is -0.508 e. The summed E-state index contributed by atoms with van der Waals surface area (Å²) in [6, 6.07) is -0.274. The van der Waals surface area contributed by atoms with E-state index >= 15 is 0 Å². The van der Waals surface area contributed by atoms with Crippen LogP contribution in [0.1, 0.15) is 108 Å². The summed E-state index contributed by atoms with van der Waals surface area (Å²) >= 11 is 0. The molecule has 0 fully saturated rings. The van der Waals surface area contributed by atoms with Crippen molar-refractivity contribution < 1.29 is 78.0 Å². The van der Waals surface area contributed by atoms with Crippen LogP contribution >= 0.6 is 0 Å². The lowest BCUT2D eigenvalue weighted by Crippen LogP contribution is -2.60. The van der Waals surface area contributed by atoms with Gasteiger partial charge in [-0.1, -0.05) is 56.3 Å². The molecule has 0 heterocycles. The molecule has 28 N–H and O–H groups in total. The van der Waals surface area contributed by atoms with Gasteiger partial charge in [0.2, 0.25) is 53.2 Å². The van der Waals surface area contributed by atoms with Gasteiger partial charge in [-0.2, -0.15) is 0 Å². The molecule has 2 rings (SSSR count). The Bertz CT molecular complexity index is 2900. The van der Waals surface area contributed by atoms with Crippen LogP contribution in [0.15, 0.2) is 69.6 Å². The van der Waals surface area contributed by atoms with Gasteiger partial charge < -0.3 is 109 Å². The number of phenolic OH excluding ortho intramolecular Hbond substituents is 1. The van der Waals surface area contributed by atoms with Gasteiger partial charge in [0.1, 0.15) is 54.1 Å². The molecule has 35 nitrogen and oxygen atoms in total. The van der Waals surface area contributed by atoms with Crippen molar-refractivity contribution in [2.24, 2.45) is 66.8 Å². The first-order chi connectivity index (χ1) is 43.3. The zero-order valence-electron chi connectivity index (χ0n) is 51.3. The molecule has 0 aromatic heterocycles. The van der Waals surface area contributed by atoms with Crippen molar-refractivity contribution in [1.82, 2.24) is 42.5 Å². The summed E-state index contributed by atoms with van der Waals surface area (Å²) < 4.78 is 0. The number of rotatable bonds is 44. The zero-order valence-corrected chi connectivity index (χ0v) is 51.3. The van der Waals surface area contributed by atoms with Gasteiger partial charge >= 0.3 is 17.9 Å². The third kappa shape index (κ3) is 32.2. The van der Waals surface area contributed by atoms with Crippen LogP contribution in [-0.4, -0.2) is 183 Å². The van der Waals surface area contributed by atoms with Crippen molar-refractivity contribution in [1.29, 1.82) is 0 Å². The molecule has 92 heavy (non-hydrogen) atoms. The number of carboxylic acid groups (broad SMARTS) is 3. The molecule has 0 aliphatic rings. The quantitative estimate of drug-likeness (QED) is 0.0167. The Balaban J connectivity index is 2.67. The lowest BCUT2D eigenvalue weighted by Gasteiger charge is -2.28. The number of benzene rings is 2. The number of hydrogen-bond acceptors (Lipinski definition) is 17. The Kier molecular flexibility index (Phi) is 34.7. The number of phenols is 1. The maximum Gasteiger partial charge on any atom is 0.326 e. The Morgan fingerprint density at radius 1 is 0.402 bits per heavy atom. The summed E-state index contributed by atoms with van der Waals surface area (Å²) in [5, 5.41) is 58.9. The van der Waals surface area contributed by atoms with Crippen LogP contribution in [0.5, 0.6) is 5.75 Å². The third-order valence-corrected chi connectivity index (χ3v) is 13.6. The molecular formula is C57H89N19O16. The number of primary amides is 1. The molecule has 0 saturated carbocycles. The number of nitrogens with two attached hydrogens (primary N) is 8. The molecule has 0 aliphatic carbocycles. The van der Waals surface area contributed by atoms with Gasteiger partial charge in [-0.05, 0) is 93.4 Å². The van der Waals surface area contributed by atoms with Crippen LogP contribution in [0.3, 0.4) is 0 Å². The van der Waals surface area contributed by atoms with Crippen molar-refractivity contribution in [2.45, 2.75) is 165 Å². The fourth-order valence-electron chi connectivity index (χ4n) is 8.83. The summed E-state index contributed by atoms with van der Waals surface area (Å²) in [6.45, 7) is 3.24. The molecule has 9 amide bonds. The van der Waals surface area contributed by atoms with Crippen LogP contribution in [0.2, 0.25) is 0 Å². The average molecular weight is 1300 g/mol. The highest BCUT2D eigenvalue weighted by Crippen LogP contribution is 2.15. The second kappa shape index (κ2) is 41.0. The van der Waals surface area contributed by atoms with Crippen LogP contribution < -0.4 is 88.4 Å². The molecule has 2 aromatic rings. The van der Waals surface area contributed by atoms with Crippen LogP contribution in [-0.2, 0) is 70.4 Å². The largest absolute Gasteiger partial charge is 0.508 e. The summed E-state index contributed by atoms with van der Waals surface area (Å²) in [5.41, 5.74) is 45.4. The fraction of sp³-hybridized carbons (Fsp3) is 0.526. The Hall–Kier alpha value is -10.4. The monoisotopic (exact) mass is 1300 g/mol. The van der Waals surface area contributed by atoms with Crippen LogP contribution in [0, 0.1) is 5.92 Å². The summed E-state index contributed by atoms with van der Waals surface area (Å²) in [7, 11) is 0. The van der Waals surface area contributed by atoms with E-state index in [0.29, 0.717) is 11.1 Å². The van der Waals surface area contributed by atoms with E-state index in [1.54, 1.807) is 44.2 Å². The number of carboxylic acids is 3. The number of aliphatic imine (C=N–C) groups is 3. The van der Waals surface area contributed by atoms with Gasteiger partial charge in [0.05, 0.1) is 6.04 Å². The summed E-state index contributed by atoms with van der Waals surface area (Å²) in [5.74, 6) is -14.5. The number of carbonyl (C=O) groups is 12. The van der Waals surface area contributed by atoms with Gasteiger partial charge in [-0.3, -0.25) is 67.7 Å². The van der Waals surface area contributed by atoms with E-state index < -0.39 is 158 Å². The van der Waals surface area contributed by atoms with E-state index in [0.717, 1.165) is 0 Å². The fourth-order valence-corrected chi connectivity index (χ4v) is 8.83.